The van der Waals surface area contributed by atoms with E-state index in [1.54, 1.807) is 12.1 Å². The highest BCUT2D eigenvalue weighted by atomic mass is 35.5. The number of halogens is 1. The standard InChI is InChI=1S/C13H17ClN2O3Si/c1-20(2,9-4-3-8-15)19-10-11-6-5-7-12(14)13(11)16(17)18/h5-7H,3-4,9-10H2,1-2H3. The zero-order chi connectivity index (χ0) is 15.2. The highest BCUT2D eigenvalue weighted by Crippen LogP contribution is 2.29. The van der Waals surface area contributed by atoms with Crippen LogP contribution in [0.4, 0.5) is 5.69 Å². The van der Waals surface area contributed by atoms with Gasteiger partial charge in [0.15, 0.2) is 8.32 Å². The van der Waals surface area contributed by atoms with E-state index in [1.165, 1.54) is 6.07 Å². The van der Waals surface area contributed by atoms with Crippen LogP contribution in [-0.2, 0) is 11.0 Å². The van der Waals surface area contributed by atoms with E-state index in [2.05, 4.69) is 6.07 Å². The van der Waals surface area contributed by atoms with Crippen LogP contribution in [-0.4, -0.2) is 13.2 Å². The summed E-state index contributed by atoms with van der Waals surface area (Å²) >= 11 is 5.85. The summed E-state index contributed by atoms with van der Waals surface area (Å²) in [4.78, 5) is 10.5. The van der Waals surface area contributed by atoms with Crippen LogP contribution in [0.5, 0.6) is 0 Å². The second-order valence-corrected chi connectivity index (χ2v) is 9.78. The quantitative estimate of drug-likeness (QED) is 0.326. The van der Waals surface area contributed by atoms with Crippen LogP contribution in [0.25, 0.3) is 0 Å². The molecule has 1 aromatic rings. The Hall–Kier alpha value is -1.42. The summed E-state index contributed by atoms with van der Waals surface area (Å²) in [5.41, 5.74) is 0.402. The first kappa shape index (κ1) is 16.6. The van der Waals surface area contributed by atoms with Gasteiger partial charge in [-0.15, -0.1) is 0 Å². The van der Waals surface area contributed by atoms with Crippen molar-refractivity contribution in [1.82, 2.24) is 0 Å². The molecule has 0 N–H and O–H groups in total. The Kier molecular flexibility index (Phi) is 6.14. The van der Waals surface area contributed by atoms with Gasteiger partial charge in [0.1, 0.15) is 5.02 Å². The second kappa shape index (κ2) is 7.38. The van der Waals surface area contributed by atoms with Crippen LogP contribution in [0.15, 0.2) is 18.2 Å². The molecule has 0 saturated heterocycles. The third kappa shape index (κ3) is 4.93. The molecule has 0 fully saturated rings. The SMILES string of the molecule is C[Si](C)(CCCC#N)OCc1cccc(Cl)c1[N+](=O)[O-]. The molecule has 0 unspecified atom stereocenters. The number of rotatable bonds is 7. The van der Waals surface area contributed by atoms with E-state index in [4.69, 9.17) is 21.3 Å². The van der Waals surface area contributed by atoms with Crippen molar-refractivity contribution in [1.29, 1.82) is 5.26 Å². The van der Waals surface area contributed by atoms with Crippen LogP contribution in [0.1, 0.15) is 18.4 Å². The van der Waals surface area contributed by atoms with Gasteiger partial charge in [0.2, 0.25) is 0 Å². The van der Waals surface area contributed by atoms with E-state index in [0.29, 0.717) is 12.0 Å². The number of nitro benzene ring substituents is 1. The van der Waals surface area contributed by atoms with Crippen molar-refractivity contribution < 1.29 is 9.35 Å². The Labute approximate surface area is 124 Å². The maximum Gasteiger partial charge on any atom is 0.293 e. The summed E-state index contributed by atoms with van der Waals surface area (Å²) in [6, 6.07) is 7.80. The molecule has 0 bridgehead atoms. The maximum atomic E-state index is 11.0. The van der Waals surface area contributed by atoms with E-state index in [1.807, 2.05) is 13.1 Å². The topological polar surface area (TPSA) is 76.2 Å². The Morgan fingerprint density at radius 2 is 2.20 bits per heavy atom. The molecule has 5 nitrogen and oxygen atoms in total. The lowest BCUT2D eigenvalue weighted by atomic mass is 10.2. The van der Waals surface area contributed by atoms with E-state index in [9.17, 15) is 10.1 Å². The zero-order valence-electron chi connectivity index (χ0n) is 11.6. The third-order valence-electron chi connectivity index (χ3n) is 2.94. The van der Waals surface area contributed by atoms with Crippen LogP contribution in [0.3, 0.4) is 0 Å². The summed E-state index contributed by atoms with van der Waals surface area (Å²) in [6.07, 6.45) is 1.31. The fraction of sp³-hybridized carbons (Fsp3) is 0.462. The summed E-state index contributed by atoms with van der Waals surface area (Å²) in [6.45, 7) is 4.27. The first-order chi connectivity index (χ1) is 9.37. The molecule has 0 atom stereocenters. The molecule has 0 aliphatic rings. The van der Waals surface area contributed by atoms with Crippen LogP contribution >= 0.6 is 11.6 Å². The van der Waals surface area contributed by atoms with Gasteiger partial charge in [-0.1, -0.05) is 17.7 Å². The van der Waals surface area contributed by atoms with Gasteiger partial charge in [-0.25, -0.2) is 0 Å². The number of hydrogen-bond donors (Lipinski definition) is 0. The van der Waals surface area contributed by atoms with Gasteiger partial charge in [-0.05, 0) is 37.7 Å². The fourth-order valence-electron chi connectivity index (χ4n) is 1.82. The Morgan fingerprint density at radius 3 is 2.80 bits per heavy atom. The van der Waals surface area contributed by atoms with Crippen LogP contribution in [0.2, 0.25) is 24.2 Å². The van der Waals surface area contributed by atoms with Gasteiger partial charge >= 0.3 is 0 Å². The van der Waals surface area contributed by atoms with Gasteiger partial charge in [-0.3, -0.25) is 10.1 Å². The molecule has 108 valence electrons. The van der Waals surface area contributed by atoms with E-state index >= 15 is 0 Å². The van der Waals surface area contributed by atoms with Crippen molar-refractivity contribution in [3.63, 3.8) is 0 Å². The minimum atomic E-state index is -1.92. The molecule has 0 aliphatic carbocycles. The molecule has 0 aromatic heterocycles. The lowest BCUT2D eigenvalue weighted by Crippen LogP contribution is -2.29. The summed E-state index contributed by atoms with van der Waals surface area (Å²) in [5.74, 6) is 0. The van der Waals surface area contributed by atoms with Crippen molar-refractivity contribution in [3.8, 4) is 6.07 Å². The van der Waals surface area contributed by atoms with Crippen molar-refractivity contribution in [2.45, 2.75) is 38.6 Å². The Morgan fingerprint density at radius 1 is 1.50 bits per heavy atom. The van der Waals surface area contributed by atoms with E-state index < -0.39 is 13.2 Å². The minimum absolute atomic E-state index is 0.0870. The van der Waals surface area contributed by atoms with Crippen LogP contribution in [0, 0.1) is 21.4 Å². The van der Waals surface area contributed by atoms with Gasteiger partial charge in [0.25, 0.3) is 5.69 Å². The van der Waals surface area contributed by atoms with Crippen molar-refractivity contribution >= 4 is 25.6 Å². The second-order valence-electron chi connectivity index (χ2n) is 5.06. The largest absolute Gasteiger partial charge is 0.413 e. The van der Waals surface area contributed by atoms with Gasteiger partial charge in [-0.2, -0.15) is 5.26 Å². The predicted octanol–water partition coefficient (Wildman–Crippen LogP) is 4.27. The molecule has 0 amide bonds. The van der Waals surface area contributed by atoms with Crippen molar-refractivity contribution in [2.75, 3.05) is 0 Å². The number of benzene rings is 1. The first-order valence-corrected chi connectivity index (χ1v) is 9.79. The van der Waals surface area contributed by atoms with E-state index in [0.717, 1.165) is 12.5 Å². The van der Waals surface area contributed by atoms with Gasteiger partial charge in [0.05, 0.1) is 23.2 Å². The van der Waals surface area contributed by atoms with E-state index in [-0.39, 0.29) is 17.3 Å². The molecule has 1 aromatic carbocycles. The molecule has 0 radical (unpaired) electrons. The van der Waals surface area contributed by atoms with Crippen molar-refractivity contribution in [2.24, 2.45) is 0 Å². The van der Waals surface area contributed by atoms with Gasteiger partial charge < -0.3 is 4.43 Å². The molecular weight excluding hydrogens is 296 g/mol. The average Bonchev–Trinajstić information content (AvgIpc) is 2.36. The summed E-state index contributed by atoms with van der Waals surface area (Å²) in [7, 11) is -1.92. The molecule has 0 heterocycles. The molecule has 1 rings (SSSR count). The van der Waals surface area contributed by atoms with Gasteiger partial charge in [0, 0.05) is 6.42 Å². The maximum absolute atomic E-state index is 11.0. The number of nitriles is 1. The first-order valence-electron chi connectivity index (χ1n) is 6.30. The number of hydrogen-bond acceptors (Lipinski definition) is 4. The fourth-order valence-corrected chi connectivity index (χ4v) is 3.80. The molecular formula is C13H17ClN2O3Si. The smallest absolute Gasteiger partial charge is 0.293 e. The highest BCUT2D eigenvalue weighted by Gasteiger charge is 2.25. The Balaban J connectivity index is 2.73. The normalized spacial score (nSPS) is 11.1. The molecule has 0 spiro atoms. The predicted molar refractivity (Wildman–Crippen MR) is 80.0 cm³/mol. The zero-order valence-corrected chi connectivity index (χ0v) is 13.3. The lowest BCUT2D eigenvalue weighted by molar-refractivity contribution is -0.385. The molecule has 20 heavy (non-hydrogen) atoms. The number of unbranched alkanes of at least 4 members (excludes halogenated alkanes) is 1. The summed E-state index contributed by atoms with van der Waals surface area (Å²) < 4.78 is 5.87. The number of para-hydroxylation sites is 1. The average molecular weight is 313 g/mol. The van der Waals surface area contributed by atoms with Crippen molar-refractivity contribution in [3.05, 3.63) is 38.9 Å². The third-order valence-corrected chi connectivity index (χ3v) is 5.73. The highest BCUT2D eigenvalue weighted by molar-refractivity contribution is 6.71. The molecule has 7 heteroatoms. The minimum Gasteiger partial charge on any atom is -0.413 e. The number of nitrogens with zero attached hydrogens (tertiary/aromatic N) is 2. The number of nitro groups is 1. The van der Waals surface area contributed by atoms with Crippen LogP contribution < -0.4 is 0 Å². The molecule has 0 saturated carbocycles. The Bertz CT molecular complexity index is 529. The molecule has 0 aliphatic heterocycles. The monoisotopic (exact) mass is 312 g/mol. The lowest BCUT2D eigenvalue weighted by Gasteiger charge is -2.22. The summed E-state index contributed by atoms with van der Waals surface area (Å²) in [5, 5.41) is 19.7.